The molecule has 0 spiro atoms. The lowest BCUT2D eigenvalue weighted by atomic mass is 10.1. The summed E-state index contributed by atoms with van der Waals surface area (Å²) in [5, 5.41) is 22.6. The fourth-order valence-corrected chi connectivity index (χ4v) is 1.52. The Balaban J connectivity index is 2.11. The quantitative estimate of drug-likeness (QED) is 0.449. The second-order valence-electron chi connectivity index (χ2n) is 4.08. The molecule has 0 fully saturated rings. The highest BCUT2D eigenvalue weighted by molar-refractivity contribution is 6.01. The number of hydrazone groups is 1. The summed E-state index contributed by atoms with van der Waals surface area (Å²) in [7, 11) is 0. The van der Waals surface area contributed by atoms with Gasteiger partial charge in [0.05, 0.1) is 5.71 Å². The summed E-state index contributed by atoms with van der Waals surface area (Å²) < 4.78 is 0. The topological polar surface area (TPSA) is 94.8 Å². The van der Waals surface area contributed by atoms with Crippen molar-refractivity contribution >= 4 is 11.6 Å². The summed E-state index contributed by atoms with van der Waals surface area (Å²) in [6, 6.07) is 7.47. The summed E-state index contributed by atoms with van der Waals surface area (Å²) in [6.45, 7) is 1.68. The maximum absolute atomic E-state index is 11.8. The van der Waals surface area contributed by atoms with E-state index in [1.54, 1.807) is 25.1 Å². The number of rotatable bonds is 3. The lowest BCUT2D eigenvalue weighted by Crippen LogP contribution is -2.19. The van der Waals surface area contributed by atoms with Crippen molar-refractivity contribution in [1.29, 1.82) is 0 Å². The number of hydrogen-bond donors (Lipinski definition) is 3. The third kappa shape index (κ3) is 3.11. The van der Waals surface area contributed by atoms with Gasteiger partial charge in [-0.15, -0.1) is 0 Å². The molecule has 0 atom stereocenters. The standard InChI is InChI=1S/C14H13N3O3/c1-9(11-2-3-12(18)13(19)8-11)16-17-14(20)10-4-6-15-7-5-10/h2-8,18-19H,1H3,(H,17,20)/b16-9+. The van der Waals surface area contributed by atoms with Crippen molar-refractivity contribution in [3.8, 4) is 11.5 Å². The number of hydrogen-bond acceptors (Lipinski definition) is 5. The third-order valence-electron chi connectivity index (χ3n) is 2.66. The molecular formula is C14H13N3O3. The Morgan fingerprint density at radius 3 is 2.45 bits per heavy atom. The molecule has 2 aromatic rings. The number of benzene rings is 1. The Labute approximate surface area is 115 Å². The molecule has 1 aromatic heterocycles. The number of pyridine rings is 1. The molecule has 1 heterocycles. The highest BCUT2D eigenvalue weighted by Gasteiger charge is 2.06. The van der Waals surface area contributed by atoms with Gasteiger partial charge in [0.25, 0.3) is 5.91 Å². The van der Waals surface area contributed by atoms with Crippen LogP contribution in [0.25, 0.3) is 0 Å². The summed E-state index contributed by atoms with van der Waals surface area (Å²) >= 11 is 0. The van der Waals surface area contributed by atoms with E-state index >= 15 is 0 Å². The number of amides is 1. The van der Waals surface area contributed by atoms with Gasteiger partial charge in [0.15, 0.2) is 11.5 Å². The Hall–Kier alpha value is -2.89. The molecule has 1 amide bonds. The van der Waals surface area contributed by atoms with Crippen LogP contribution < -0.4 is 5.43 Å². The summed E-state index contributed by atoms with van der Waals surface area (Å²) in [5.74, 6) is -0.797. The maximum atomic E-state index is 11.8. The number of aromatic hydroxyl groups is 2. The molecule has 0 saturated heterocycles. The van der Waals surface area contributed by atoms with E-state index in [4.69, 9.17) is 0 Å². The van der Waals surface area contributed by atoms with Crippen LogP contribution in [0, 0.1) is 0 Å². The number of aromatic nitrogens is 1. The number of phenols is 2. The van der Waals surface area contributed by atoms with Gasteiger partial charge < -0.3 is 10.2 Å². The van der Waals surface area contributed by atoms with Crippen molar-refractivity contribution in [3.05, 3.63) is 53.9 Å². The first-order chi connectivity index (χ1) is 9.58. The first kappa shape index (κ1) is 13.5. The van der Waals surface area contributed by atoms with Crippen LogP contribution in [-0.4, -0.2) is 26.8 Å². The van der Waals surface area contributed by atoms with Gasteiger partial charge in [0.1, 0.15) is 0 Å². The Morgan fingerprint density at radius 1 is 1.10 bits per heavy atom. The maximum Gasteiger partial charge on any atom is 0.271 e. The second kappa shape index (κ2) is 5.83. The molecule has 2 rings (SSSR count). The Morgan fingerprint density at radius 2 is 1.80 bits per heavy atom. The molecule has 0 saturated carbocycles. The van der Waals surface area contributed by atoms with E-state index in [0.717, 1.165) is 0 Å². The zero-order chi connectivity index (χ0) is 14.5. The molecule has 0 aliphatic heterocycles. The largest absolute Gasteiger partial charge is 0.504 e. The van der Waals surface area contributed by atoms with E-state index in [1.807, 2.05) is 0 Å². The van der Waals surface area contributed by atoms with Gasteiger partial charge in [0.2, 0.25) is 0 Å². The molecule has 6 nitrogen and oxygen atoms in total. The van der Waals surface area contributed by atoms with Crippen molar-refractivity contribution in [2.24, 2.45) is 5.10 Å². The molecule has 102 valence electrons. The summed E-state index contributed by atoms with van der Waals surface area (Å²) in [6.07, 6.45) is 3.03. The van der Waals surface area contributed by atoms with Crippen LogP contribution in [0.5, 0.6) is 11.5 Å². The number of nitrogens with one attached hydrogen (secondary N) is 1. The van der Waals surface area contributed by atoms with Crippen molar-refractivity contribution < 1.29 is 15.0 Å². The van der Waals surface area contributed by atoms with Gasteiger partial charge >= 0.3 is 0 Å². The van der Waals surface area contributed by atoms with Gasteiger partial charge in [-0.25, -0.2) is 5.43 Å². The molecule has 3 N–H and O–H groups in total. The highest BCUT2D eigenvalue weighted by Crippen LogP contribution is 2.24. The predicted molar refractivity (Wildman–Crippen MR) is 73.7 cm³/mol. The molecule has 0 aliphatic carbocycles. The van der Waals surface area contributed by atoms with E-state index in [0.29, 0.717) is 16.8 Å². The average Bonchev–Trinajstić information content (AvgIpc) is 2.48. The van der Waals surface area contributed by atoms with E-state index in [2.05, 4.69) is 15.5 Å². The minimum atomic E-state index is -0.352. The number of nitrogens with zero attached hydrogens (tertiary/aromatic N) is 2. The molecule has 0 bridgehead atoms. The van der Waals surface area contributed by atoms with Crippen LogP contribution in [0.15, 0.2) is 47.8 Å². The van der Waals surface area contributed by atoms with E-state index < -0.39 is 0 Å². The van der Waals surface area contributed by atoms with Crippen LogP contribution in [0.1, 0.15) is 22.8 Å². The normalized spacial score (nSPS) is 11.2. The van der Waals surface area contributed by atoms with E-state index in [1.165, 1.54) is 24.5 Å². The smallest absolute Gasteiger partial charge is 0.271 e. The molecule has 20 heavy (non-hydrogen) atoms. The molecule has 0 aliphatic rings. The van der Waals surface area contributed by atoms with Crippen LogP contribution in [0.2, 0.25) is 0 Å². The number of carbonyl (C=O) groups is 1. The van der Waals surface area contributed by atoms with Gasteiger partial charge in [0, 0.05) is 23.5 Å². The molecule has 0 radical (unpaired) electrons. The van der Waals surface area contributed by atoms with E-state index in [-0.39, 0.29) is 17.4 Å². The lowest BCUT2D eigenvalue weighted by molar-refractivity contribution is 0.0954. The monoisotopic (exact) mass is 271 g/mol. The first-order valence-electron chi connectivity index (χ1n) is 5.85. The SMILES string of the molecule is C/C(=N\NC(=O)c1ccncc1)c1ccc(O)c(O)c1. The molecular weight excluding hydrogens is 258 g/mol. The summed E-state index contributed by atoms with van der Waals surface area (Å²) in [5.41, 5.74) is 3.95. The fourth-order valence-electron chi connectivity index (χ4n) is 1.52. The van der Waals surface area contributed by atoms with Crippen molar-refractivity contribution in [2.75, 3.05) is 0 Å². The number of phenolic OH excluding ortho intramolecular Hbond substituents is 2. The minimum Gasteiger partial charge on any atom is -0.504 e. The highest BCUT2D eigenvalue weighted by atomic mass is 16.3. The lowest BCUT2D eigenvalue weighted by Gasteiger charge is -2.04. The van der Waals surface area contributed by atoms with Crippen LogP contribution in [0.3, 0.4) is 0 Å². The predicted octanol–water partition coefficient (Wildman–Crippen LogP) is 1.65. The Kier molecular flexibility index (Phi) is 3.95. The second-order valence-corrected chi connectivity index (χ2v) is 4.08. The zero-order valence-electron chi connectivity index (χ0n) is 10.7. The van der Waals surface area contributed by atoms with Gasteiger partial charge in [-0.3, -0.25) is 9.78 Å². The van der Waals surface area contributed by atoms with Crippen molar-refractivity contribution in [2.45, 2.75) is 6.92 Å². The third-order valence-corrected chi connectivity index (χ3v) is 2.66. The van der Waals surface area contributed by atoms with Gasteiger partial charge in [-0.05, 0) is 37.3 Å². The molecule has 1 aromatic carbocycles. The Bertz CT molecular complexity index is 654. The first-order valence-corrected chi connectivity index (χ1v) is 5.85. The average molecular weight is 271 g/mol. The van der Waals surface area contributed by atoms with Gasteiger partial charge in [-0.2, -0.15) is 5.10 Å². The van der Waals surface area contributed by atoms with Crippen LogP contribution in [0.4, 0.5) is 0 Å². The minimum absolute atomic E-state index is 0.206. The van der Waals surface area contributed by atoms with Crippen molar-refractivity contribution in [3.63, 3.8) is 0 Å². The van der Waals surface area contributed by atoms with Gasteiger partial charge in [-0.1, -0.05) is 0 Å². The number of carbonyl (C=O) groups excluding carboxylic acids is 1. The molecule has 0 unspecified atom stereocenters. The van der Waals surface area contributed by atoms with Crippen LogP contribution >= 0.6 is 0 Å². The molecule has 6 heteroatoms. The fraction of sp³-hybridized carbons (Fsp3) is 0.0714. The van der Waals surface area contributed by atoms with E-state index in [9.17, 15) is 15.0 Å². The van der Waals surface area contributed by atoms with Crippen molar-refractivity contribution in [1.82, 2.24) is 10.4 Å². The summed E-state index contributed by atoms with van der Waals surface area (Å²) in [4.78, 5) is 15.6. The zero-order valence-corrected chi connectivity index (χ0v) is 10.7. The van der Waals surface area contributed by atoms with Crippen LogP contribution in [-0.2, 0) is 0 Å².